The molecule has 1 heterocycles. The number of nitrogens with zero attached hydrogens (tertiary/aromatic N) is 1. The van der Waals surface area contributed by atoms with Crippen LogP contribution in [0.5, 0.6) is 0 Å². The average molecular weight is 242 g/mol. The van der Waals surface area contributed by atoms with Gasteiger partial charge in [-0.15, -0.1) is 0 Å². The number of pyridine rings is 1. The van der Waals surface area contributed by atoms with Crippen molar-refractivity contribution in [3.63, 3.8) is 0 Å². The molecule has 0 saturated carbocycles. The van der Waals surface area contributed by atoms with Crippen LogP contribution in [-0.2, 0) is 11.2 Å². The second-order valence-corrected chi connectivity index (χ2v) is 4.06. The van der Waals surface area contributed by atoms with Crippen molar-refractivity contribution < 1.29 is 9.90 Å². The Bertz CT molecular complexity index is 523. The lowest BCUT2D eigenvalue weighted by Gasteiger charge is -2.07. The Balaban J connectivity index is 2.13. The van der Waals surface area contributed by atoms with E-state index in [2.05, 4.69) is 4.98 Å². The molecule has 4 heteroatoms. The summed E-state index contributed by atoms with van der Waals surface area (Å²) < 4.78 is 0. The minimum Gasteiger partial charge on any atom is -0.480 e. The molecule has 0 spiro atoms. The van der Waals surface area contributed by atoms with Gasteiger partial charge in [0.2, 0.25) is 0 Å². The van der Waals surface area contributed by atoms with Gasteiger partial charge in [-0.1, -0.05) is 30.3 Å². The lowest BCUT2D eigenvalue weighted by molar-refractivity contribution is -0.138. The van der Waals surface area contributed by atoms with Gasteiger partial charge in [0.25, 0.3) is 0 Å². The molecular weight excluding hydrogens is 228 g/mol. The molecule has 0 aliphatic carbocycles. The van der Waals surface area contributed by atoms with Gasteiger partial charge in [-0.3, -0.25) is 9.78 Å². The van der Waals surface area contributed by atoms with E-state index >= 15 is 0 Å². The second-order valence-electron chi connectivity index (χ2n) is 4.06. The third-order valence-electron chi connectivity index (χ3n) is 2.69. The number of carboxylic acid groups (broad SMARTS) is 1. The molecule has 0 radical (unpaired) electrons. The first-order valence-corrected chi connectivity index (χ1v) is 5.65. The van der Waals surface area contributed by atoms with Gasteiger partial charge in [0, 0.05) is 11.8 Å². The molecule has 0 aliphatic heterocycles. The predicted molar refractivity (Wildman–Crippen MR) is 69.0 cm³/mol. The van der Waals surface area contributed by atoms with Crippen molar-refractivity contribution >= 4 is 5.97 Å². The Kier molecular flexibility index (Phi) is 3.69. The van der Waals surface area contributed by atoms with Crippen LogP contribution < -0.4 is 5.73 Å². The van der Waals surface area contributed by atoms with Gasteiger partial charge < -0.3 is 10.8 Å². The fraction of sp³-hybridized carbons (Fsp3) is 0.143. The minimum atomic E-state index is -0.983. The number of benzene rings is 1. The van der Waals surface area contributed by atoms with Gasteiger partial charge in [0.05, 0.1) is 5.69 Å². The molecule has 18 heavy (non-hydrogen) atoms. The number of aromatic nitrogens is 1. The maximum atomic E-state index is 10.7. The predicted octanol–water partition coefficient (Wildman–Crippen LogP) is 1.70. The smallest absolute Gasteiger partial charge is 0.320 e. The highest BCUT2D eigenvalue weighted by Crippen LogP contribution is 2.17. The summed E-state index contributed by atoms with van der Waals surface area (Å²) in [5.41, 5.74) is 8.29. The van der Waals surface area contributed by atoms with Crippen LogP contribution in [0.15, 0.2) is 48.7 Å². The summed E-state index contributed by atoms with van der Waals surface area (Å²) in [6.07, 6.45) is 2.07. The first-order valence-electron chi connectivity index (χ1n) is 5.65. The highest BCUT2D eigenvalue weighted by molar-refractivity contribution is 5.73. The average Bonchev–Trinajstić information content (AvgIpc) is 2.40. The van der Waals surface area contributed by atoms with Crippen LogP contribution in [0, 0.1) is 0 Å². The molecule has 0 saturated heterocycles. The number of nitrogens with two attached hydrogens (primary N) is 1. The maximum absolute atomic E-state index is 10.7. The van der Waals surface area contributed by atoms with Crippen LogP contribution >= 0.6 is 0 Å². The first-order chi connectivity index (χ1) is 8.66. The van der Waals surface area contributed by atoms with Crippen molar-refractivity contribution in [3.05, 3.63) is 54.2 Å². The van der Waals surface area contributed by atoms with Gasteiger partial charge in [0.1, 0.15) is 6.04 Å². The molecule has 1 aromatic carbocycles. The minimum absolute atomic E-state index is 0.331. The normalized spacial score (nSPS) is 12.1. The van der Waals surface area contributed by atoms with E-state index in [-0.39, 0.29) is 0 Å². The van der Waals surface area contributed by atoms with Crippen molar-refractivity contribution in [2.75, 3.05) is 0 Å². The molecular formula is C14H14N2O2. The fourth-order valence-corrected chi connectivity index (χ4v) is 1.69. The van der Waals surface area contributed by atoms with Gasteiger partial charge in [0.15, 0.2) is 0 Å². The highest BCUT2D eigenvalue weighted by Gasteiger charge is 2.11. The number of carbonyl (C=O) groups is 1. The summed E-state index contributed by atoms with van der Waals surface area (Å²) in [5.74, 6) is -0.983. The zero-order valence-electron chi connectivity index (χ0n) is 9.78. The monoisotopic (exact) mass is 242 g/mol. The van der Waals surface area contributed by atoms with Crippen LogP contribution in [-0.4, -0.2) is 22.1 Å². The number of aliphatic carboxylic acids is 1. The van der Waals surface area contributed by atoms with Crippen molar-refractivity contribution in [3.8, 4) is 11.3 Å². The van der Waals surface area contributed by atoms with E-state index in [4.69, 9.17) is 10.8 Å². The molecule has 0 unspecified atom stereocenters. The van der Waals surface area contributed by atoms with Gasteiger partial charge in [-0.05, 0) is 24.1 Å². The van der Waals surface area contributed by atoms with Crippen molar-refractivity contribution in [1.82, 2.24) is 4.98 Å². The van der Waals surface area contributed by atoms with E-state index in [0.717, 1.165) is 16.8 Å². The molecule has 0 fully saturated rings. The Morgan fingerprint density at radius 2 is 1.94 bits per heavy atom. The third-order valence-corrected chi connectivity index (χ3v) is 2.69. The van der Waals surface area contributed by atoms with E-state index in [0.29, 0.717) is 6.42 Å². The summed E-state index contributed by atoms with van der Waals surface area (Å²) in [4.78, 5) is 14.9. The summed E-state index contributed by atoms with van der Waals surface area (Å²) >= 11 is 0. The van der Waals surface area contributed by atoms with Crippen LogP contribution in [0.4, 0.5) is 0 Å². The van der Waals surface area contributed by atoms with Gasteiger partial charge in [-0.2, -0.15) is 0 Å². The van der Waals surface area contributed by atoms with Crippen LogP contribution in [0.25, 0.3) is 11.3 Å². The molecule has 2 aromatic rings. The maximum Gasteiger partial charge on any atom is 0.320 e. The highest BCUT2D eigenvalue weighted by atomic mass is 16.4. The molecule has 3 N–H and O–H groups in total. The van der Waals surface area contributed by atoms with Crippen LogP contribution in [0.1, 0.15) is 5.56 Å². The molecule has 0 aliphatic rings. The van der Waals surface area contributed by atoms with Crippen molar-refractivity contribution in [1.29, 1.82) is 0 Å². The second kappa shape index (κ2) is 5.42. The molecule has 1 atom stereocenters. The summed E-state index contributed by atoms with van der Waals surface area (Å²) in [7, 11) is 0. The lowest BCUT2D eigenvalue weighted by atomic mass is 10.0. The van der Waals surface area contributed by atoms with Gasteiger partial charge in [-0.25, -0.2) is 0 Å². The summed E-state index contributed by atoms with van der Waals surface area (Å²) in [5, 5.41) is 8.74. The topological polar surface area (TPSA) is 76.2 Å². The van der Waals surface area contributed by atoms with Crippen molar-refractivity contribution in [2.24, 2.45) is 5.73 Å². The Morgan fingerprint density at radius 1 is 1.22 bits per heavy atom. The van der Waals surface area contributed by atoms with E-state index < -0.39 is 12.0 Å². The Labute approximate surface area is 105 Å². The first kappa shape index (κ1) is 12.3. The third kappa shape index (κ3) is 2.93. The van der Waals surface area contributed by atoms with E-state index in [1.54, 1.807) is 6.20 Å². The fourth-order valence-electron chi connectivity index (χ4n) is 1.69. The number of hydrogen-bond donors (Lipinski definition) is 2. The van der Waals surface area contributed by atoms with Crippen LogP contribution in [0.3, 0.4) is 0 Å². The van der Waals surface area contributed by atoms with E-state index in [9.17, 15) is 4.79 Å². The molecule has 0 bridgehead atoms. The standard InChI is InChI=1S/C14H14N2O2/c15-12(14(17)18)9-10-4-6-11(7-5-10)13-3-1-2-8-16-13/h1-8,12H,9,15H2,(H,17,18)/t12-/m0/s1. The summed E-state index contributed by atoms with van der Waals surface area (Å²) in [6.45, 7) is 0. The summed E-state index contributed by atoms with van der Waals surface area (Å²) in [6, 6.07) is 12.5. The molecule has 1 aromatic heterocycles. The molecule has 2 rings (SSSR count). The zero-order chi connectivity index (χ0) is 13.0. The van der Waals surface area contributed by atoms with Crippen molar-refractivity contribution in [2.45, 2.75) is 12.5 Å². The van der Waals surface area contributed by atoms with E-state index in [1.807, 2.05) is 42.5 Å². The van der Waals surface area contributed by atoms with E-state index in [1.165, 1.54) is 0 Å². The molecule has 92 valence electrons. The largest absolute Gasteiger partial charge is 0.480 e. The Hall–Kier alpha value is -2.20. The molecule has 4 nitrogen and oxygen atoms in total. The van der Waals surface area contributed by atoms with Gasteiger partial charge >= 0.3 is 5.97 Å². The lowest BCUT2D eigenvalue weighted by Crippen LogP contribution is -2.32. The number of carboxylic acids is 1. The molecule has 0 amide bonds. The van der Waals surface area contributed by atoms with Crippen LogP contribution in [0.2, 0.25) is 0 Å². The SMILES string of the molecule is N[C@@H](Cc1ccc(-c2ccccn2)cc1)C(=O)O. The quantitative estimate of drug-likeness (QED) is 0.855. The zero-order valence-corrected chi connectivity index (χ0v) is 9.78. The Morgan fingerprint density at radius 3 is 2.50 bits per heavy atom. The number of rotatable bonds is 4. The number of hydrogen-bond acceptors (Lipinski definition) is 3.